The number of H-pyrrole nitrogens is 1. The van der Waals surface area contributed by atoms with Crippen LogP contribution in [0.25, 0.3) is 11.0 Å². The molecule has 1 saturated carbocycles. The maximum atomic E-state index is 5.36. The Labute approximate surface area is 108 Å². The first-order valence-corrected chi connectivity index (χ1v) is 6.82. The molecule has 0 saturated heterocycles. The molecule has 1 heterocycles. The Balaban J connectivity index is 2.01. The Morgan fingerprint density at radius 3 is 3.00 bits per heavy atom. The van der Waals surface area contributed by atoms with Gasteiger partial charge in [0.25, 0.3) is 0 Å². The van der Waals surface area contributed by atoms with Crippen LogP contribution in [0.15, 0.2) is 22.7 Å². The lowest BCUT2D eigenvalue weighted by Crippen LogP contribution is -1.98. The number of hydrogen-bond donors (Lipinski definition) is 1. The molecule has 2 aromatic rings. The molecule has 0 amide bonds. The summed E-state index contributed by atoms with van der Waals surface area (Å²) in [7, 11) is 0. The lowest BCUT2D eigenvalue weighted by molar-refractivity contribution is 0.603. The van der Waals surface area contributed by atoms with Crippen molar-refractivity contribution in [2.45, 2.75) is 25.8 Å². The molecule has 4 heteroatoms. The van der Waals surface area contributed by atoms with Crippen molar-refractivity contribution in [3.63, 3.8) is 0 Å². The molecule has 0 unspecified atom stereocenters. The highest BCUT2D eigenvalue weighted by molar-refractivity contribution is 9.10. The smallest absolute Gasteiger partial charge is 0.178 e. The minimum absolute atomic E-state index is 0.841. The Morgan fingerprint density at radius 2 is 2.25 bits per heavy atom. The topological polar surface area (TPSA) is 20.7 Å². The van der Waals surface area contributed by atoms with Gasteiger partial charge in [-0.25, -0.2) is 0 Å². The molecule has 0 radical (unpaired) electrons. The van der Waals surface area contributed by atoms with E-state index in [1.54, 1.807) is 0 Å². The van der Waals surface area contributed by atoms with Crippen LogP contribution in [0, 0.1) is 10.7 Å². The Bertz CT molecular complexity index is 580. The molecule has 1 aromatic carbocycles. The first kappa shape index (κ1) is 10.5. The molecule has 0 bridgehead atoms. The van der Waals surface area contributed by atoms with Crippen molar-refractivity contribution in [3.05, 3.63) is 27.4 Å². The van der Waals surface area contributed by atoms with Crippen molar-refractivity contribution >= 4 is 39.2 Å². The van der Waals surface area contributed by atoms with Crippen LogP contribution in [0.4, 0.5) is 0 Å². The number of rotatable bonds is 3. The molecule has 1 N–H and O–H groups in total. The highest BCUT2D eigenvalue weighted by Crippen LogP contribution is 2.33. The summed E-state index contributed by atoms with van der Waals surface area (Å²) in [6.07, 6.45) is 4.07. The van der Waals surface area contributed by atoms with E-state index in [1.807, 2.05) is 0 Å². The highest BCUT2D eigenvalue weighted by Gasteiger charge is 2.21. The van der Waals surface area contributed by atoms with Gasteiger partial charge < -0.3 is 9.55 Å². The SMILES string of the molecule is S=c1[nH]c2cc(Br)ccc2n1CCC1CC1. The van der Waals surface area contributed by atoms with Crippen molar-refractivity contribution in [2.75, 3.05) is 0 Å². The molecule has 84 valence electrons. The number of aryl methyl sites for hydroxylation is 1. The summed E-state index contributed by atoms with van der Waals surface area (Å²) in [6.45, 7) is 1.05. The number of benzene rings is 1. The number of fused-ring (bicyclic) bond motifs is 1. The fourth-order valence-electron chi connectivity index (χ4n) is 2.08. The van der Waals surface area contributed by atoms with Gasteiger partial charge in [0.2, 0.25) is 0 Å². The van der Waals surface area contributed by atoms with E-state index < -0.39 is 0 Å². The van der Waals surface area contributed by atoms with Crippen LogP contribution in [0.2, 0.25) is 0 Å². The van der Waals surface area contributed by atoms with Gasteiger partial charge in [0, 0.05) is 11.0 Å². The van der Waals surface area contributed by atoms with Gasteiger partial charge in [0.05, 0.1) is 11.0 Å². The molecule has 0 aliphatic heterocycles. The van der Waals surface area contributed by atoms with Gasteiger partial charge in [-0.2, -0.15) is 0 Å². The fraction of sp³-hybridized carbons (Fsp3) is 0.417. The van der Waals surface area contributed by atoms with E-state index in [4.69, 9.17) is 12.2 Å². The summed E-state index contributed by atoms with van der Waals surface area (Å²) in [5.41, 5.74) is 2.34. The first-order chi connectivity index (χ1) is 7.74. The summed E-state index contributed by atoms with van der Waals surface area (Å²) in [4.78, 5) is 3.26. The standard InChI is InChI=1S/C12H13BrN2S/c13-9-3-4-11-10(7-9)14-12(16)15(11)6-5-8-1-2-8/h3-4,7-8H,1-2,5-6H2,(H,14,16). The number of aromatic nitrogens is 2. The normalized spacial score (nSPS) is 15.8. The van der Waals surface area contributed by atoms with E-state index in [1.165, 1.54) is 24.8 Å². The molecule has 1 aromatic heterocycles. The molecule has 0 spiro atoms. The second-order valence-electron chi connectivity index (χ2n) is 4.48. The highest BCUT2D eigenvalue weighted by atomic mass is 79.9. The lowest BCUT2D eigenvalue weighted by Gasteiger charge is -2.03. The molecular formula is C12H13BrN2S. The molecule has 1 aliphatic carbocycles. The van der Waals surface area contributed by atoms with Gasteiger partial charge in [0.1, 0.15) is 0 Å². The number of aromatic amines is 1. The molecular weight excluding hydrogens is 284 g/mol. The molecule has 0 atom stereocenters. The fourth-order valence-corrected chi connectivity index (χ4v) is 2.74. The van der Waals surface area contributed by atoms with Gasteiger partial charge in [-0.05, 0) is 42.8 Å². The predicted octanol–water partition coefficient (Wildman–Crippen LogP) is 4.26. The summed E-state index contributed by atoms with van der Waals surface area (Å²) in [5.74, 6) is 0.947. The summed E-state index contributed by atoms with van der Waals surface area (Å²) in [6, 6.07) is 6.27. The third-order valence-corrected chi connectivity index (χ3v) is 4.01. The van der Waals surface area contributed by atoms with E-state index in [2.05, 4.69) is 43.7 Å². The van der Waals surface area contributed by atoms with Crippen LogP contribution in [0.5, 0.6) is 0 Å². The second kappa shape index (κ2) is 4.00. The summed E-state index contributed by atoms with van der Waals surface area (Å²) < 4.78 is 4.15. The minimum Gasteiger partial charge on any atom is -0.331 e. The number of hydrogen-bond acceptors (Lipinski definition) is 1. The molecule has 16 heavy (non-hydrogen) atoms. The van der Waals surface area contributed by atoms with E-state index in [0.29, 0.717) is 0 Å². The Hall–Kier alpha value is -0.610. The molecule has 1 fully saturated rings. The van der Waals surface area contributed by atoms with E-state index >= 15 is 0 Å². The maximum absolute atomic E-state index is 5.36. The number of nitrogens with zero attached hydrogens (tertiary/aromatic N) is 1. The molecule has 3 rings (SSSR count). The second-order valence-corrected chi connectivity index (χ2v) is 5.78. The number of nitrogens with one attached hydrogen (secondary N) is 1. The zero-order chi connectivity index (χ0) is 11.1. The average molecular weight is 297 g/mol. The minimum atomic E-state index is 0.841. The van der Waals surface area contributed by atoms with Crippen LogP contribution >= 0.6 is 28.1 Å². The third kappa shape index (κ3) is 1.96. The zero-order valence-electron chi connectivity index (χ0n) is 8.87. The average Bonchev–Trinajstić information content (AvgIpc) is 3.00. The van der Waals surface area contributed by atoms with Gasteiger partial charge in [-0.1, -0.05) is 28.8 Å². The maximum Gasteiger partial charge on any atom is 0.178 e. The third-order valence-electron chi connectivity index (χ3n) is 3.19. The van der Waals surface area contributed by atoms with Crippen molar-refractivity contribution in [2.24, 2.45) is 5.92 Å². The van der Waals surface area contributed by atoms with Crippen LogP contribution in [-0.4, -0.2) is 9.55 Å². The largest absolute Gasteiger partial charge is 0.331 e. The monoisotopic (exact) mass is 296 g/mol. The predicted molar refractivity (Wildman–Crippen MR) is 72.2 cm³/mol. The summed E-state index contributed by atoms with van der Waals surface area (Å²) in [5, 5.41) is 0. The lowest BCUT2D eigenvalue weighted by atomic mass is 10.3. The molecule has 1 aliphatic rings. The van der Waals surface area contributed by atoms with Gasteiger partial charge in [-0.3, -0.25) is 0 Å². The van der Waals surface area contributed by atoms with E-state index in [-0.39, 0.29) is 0 Å². The zero-order valence-corrected chi connectivity index (χ0v) is 11.3. The Kier molecular flexibility index (Phi) is 2.64. The van der Waals surface area contributed by atoms with Gasteiger partial charge >= 0.3 is 0 Å². The van der Waals surface area contributed by atoms with E-state index in [9.17, 15) is 0 Å². The van der Waals surface area contributed by atoms with Crippen molar-refractivity contribution in [1.82, 2.24) is 9.55 Å². The first-order valence-electron chi connectivity index (χ1n) is 5.62. The van der Waals surface area contributed by atoms with E-state index in [0.717, 1.165) is 27.2 Å². The van der Waals surface area contributed by atoms with Crippen LogP contribution in [0.1, 0.15) is 19.3 Å². The van der Waals surface area contributed by atoms with Gasteiger partial charge in [0.15, 0.2) is 4.77 Å². The van der Waals surface area contributed by atoms with Crippen molar-refractivity contribution < 1.29 is 0 Å². The summed E-state index contributed by atoms with van der Waals surface area (Å²) >= 11 is 8.84. The van der Waals surface area contributed by atoms with Gasteiger partial charge in [-0.15, -0.1) is 0 Å². The quantitative estimate of drug-likeness (QED) is 0.839. The van der Waals surface area contributed by atoms with Crippen molar-refractivity contribution in [3.8, 4) is 0 Å². The van der Waals surface area contributed by atoms with Crippen LogP contribution in [0.3, 0.4) is 0 Å². The van der Waals surface area contributed by atoms with Crippen molar-refractivity contribution in [1.29, 1.82) is 0 Å². The van der Waals surface area contributed by atoms with Crippen LogP contribution in [-0.2, 0) is 6.54 Å². The Morgan fingerprint density at radius 1 is 1.44 bits per heavy atom. The number of imidazole rings is 1. The molecule has 2 nitrogen and oxygen atoms in total. The van der Waals surface area contributed by atoms with Crippen LogP contribution < -0.4 is 0 Å². The number of halogens is 1.